The Morgan fingerprint density at radius 2 is 0.841 bits per heavy atom. The van der Waals surface area contributed by atoms with E-state index in [-0.39, 0.29) is 39.4 Å². The van der Waals surface area contributed by atoms with E-state index in [1.807, 2.05) is 20.8 Å². The third kappa shape index (κ3) is 21.4. The number of hydrogen-bond donors (Lipinski definition) is 2. The van der Waals surface area contributed by atoms with Crippen LogP contribution in [0.1, 0.15) is 93.4 Å². The topological polar surface area (TPSA) is 235 Å². The highest BCUT2D eigenvalue weighted by Crippen LogP contribution is 2.31. The van der Waals surface area contributed by atoms with Crippen LogP contribution in [0.2, 0.25) is 0 Å². The Hall–Kier alpha value is -6.24. The van der Waals surface area contributed by atoms with Crippen molar-refractivity contribution in [3.05, 3.63) is 71.3 Å². The summed E-state index contributed by atoms with van der Waals surface area (Å²) in [5, 5.41) is 18.0. The molecule has 3 aromatic rings. The number of rotatable bonds is 13. The minimum atomic E-state index is -1.09. The first kappa shape index (κ1) is 56.8. The van der Waals surface area contributed by atoms with Gasteiger partial charge in [0.15, 0.2) is 46.7 Å². The SMILES string of the molecule is CC(Br)C(=O)OC(C)(C)C.COC(=O)c1ccc(O)c(OC)c1.COC(=O)c1ccc(OC(C)C(=O)O)c(OC)c1.COC(=O)c1ccc(OC(C)C(=O)OC(C)(C)C)c(OC)c1. The number of carboxylic acid groups (broad SMARTS) is 1. The quantitative estimate of drug-likeness (QED) is 0.0977. The molecule has 0 aliphatic carbocycles. The summed E-state index contributed by atoms with van der Waals surface area (Å²) in [6.07, 6.45) is -1.82. The molecular weight excluding hydrogens is 896 g/mol. The van der Waals surface area contributed by atoms with Gasteiger partial charge in [-0.3, -0.25) is 4.79 Å². The Labute approximate surface area is 376 Å². The summed E-state index contributed by atoms with van der Waals surface area (Å²) in [5.41, 5.74) is 0.00516. The van der Waals surface area contributed by atoms with Gasteiger partial charge in [-0.2, -0.15) is 0 Å². The van der Waals surface area contributed by atoms with Crippen molar-refractivity contribution in [2.45, 2.75) is 90.6 Å². The number of halogens is 1. The number of ether oxygens (including phenoxy) is 10. The number of aromatic hydroxyl groups is 1. The minimum Gasteiger partial charge on any atom is -0.504 e. The standard InChI is InChI=1S/C16H22O6.C12H14O6.C9H10O4.C7H13BrO2/c1-10(14(17)22-16(2,3)4)21-12-8-7-11(15(18)20-6)9-13(12)19-5;1-7(11(13)14)18-9-5-4-8(12(15)17-3)6-10(9)16-2;1-12-8-5-6(9(11)13-2)3-4-7(8)10;1-5(8)6(9)10-7(2,3)4/h7-10H,1-6H3;4-7H,1-3H3,(H,13,14);3-5,10H,1-2H3;5H,1-4H3. The van der Waals surface area contributed by atoms with Gasteiger partial charge in [-0.25, -0.2) is 24.0 Å². The van der Waals surface area contributed by atoms with Gasteiger partial charge in [0, 0.05) is 0 Å². The highest BCUT2D eigenvalue weighted by molar-refractivity contribution is 9.10. The number of carbonyl (C=O) groups is 6. The molecule has 350 valence electrons. The lowest BCUT2D eigenvalue weighted by molar-refractivity contribution is -0.162. The van der Waals surface area contributed by atoms with Crippen molar-refractivity contribution in [3.8, 4) is 34.5 Å². The fraction of sp³-hybridized carbons (Fsp3) is 0.455. The molecule has 0 spiro atoms. The molecule has 0 amide bonds. The number of phenols is 1. The first-order valence-corrected chi connectivity index (χ1v) is 19.7. The van der Waals surface area contributed by atoms with E-state index < -0.39 is 47.7 Å². The zero-order valence-corrected chi connectivity index (χ0v) is 39.8. The van der Waals surface area contributed by atoms with Crippen LogP contribution >= 0.6 is 15.9 Å². The Bertz CT molecular complexity index is 1980. The summed E-state index contributed by atoms with van der Waals surface area (Å²) in [6.45, 7) is 15.6. The molecular formula is C44H59BrO18. The summed E-state index contributed by atoms with van der Waals surface area (Å²) in [7, 11) is 8.11. The number of methoxy groups -OCH3 is 6. The fourth-order valence-electron chi connectivity index (χ4n) is 4.19. The number of hydrogen-bond acceptors (Lipinski definition) is 17. The number of carboxylic acids is 1. The van der Waals surface area contributed by atoms with Gasteiger partial charge in [-0.1, -0.05) is 15.9 Å². The van der Waals surface area contributed by atoms with Gasteiger partial charge in [-0.15, -0.1) is 0 Å². The van der Waals surface area contributed by atoms with E-state index in [2.05, 4.69) is 30.1 Å². The predicted octanol–water partition coefficient (Wildman–Crippen LogP) is 7.22. The van der Waals surface area contributed by atoms with Gasteiger partial charge >= 0.3 is 35.8 Å². The largest absolute Gasteiger partial charge is 0.504 e. The number of carbonyl (C=O) groups excluding carboxylic acids is 5. The second-order valence-electron chi connectivity index (χ2n) is 14.6. The molecule has 3 rings (SSSR count). The number of aliphatic carboxylic acids is 1. The average Bonchev–Trinajstić information content (AvgIpc) is 3.22. The zero-order chi connectivity index (χ0) is 48.8. The van der Waals surface area contributed by atoms with Crippen LogP contribution in [0.25, 0.3) is 0 Å². The van der Waals surface area contributed by atoms with Crippen molar-refractivity contribution >= 4 is 51.7 Å². The van der Waals surface area contributed by atoms with Crippen molar-refractivity contribution in [1.29, 1.82) is 0 Å². The molecule has 0 saturated heterocycles. The lowest BCUT2D eigenvalue weighted by Gasteiger charge is -2.23. The second kappa shape index (κ2) is 27.0. The number of alkyl halides is 1. The maximum Gasteiger partial charge on any atom is 0.347 e. The van der Waals surface area contributed by atoms with Gasteiger partial charge in [0.2, 0.25) is 0 Å². The normalized spacial score (nSPS) is 11.8. The molecule has 0 fully saturated rings. The van der Waals surface area contributed by atoms with Gasteiger partial charge in [0.1, 0.15) is 16.0 Å². The van der Waals surface area contributed by atoms with E-state index in [0.717, 1.165) is 0 Å². The van der Waals surface area contributed by atoms with Crippen LogP contribution in [0.4, 0.5) is 0 Å². The Balaban J connectivity index is 0.000000847. The molecule has 0 saturated carbocycles. The molecule has 63 heavy (non-hydrogen) atoms. The van der Waals surface area contributed by atoms with Crippen molar-refractivity contribution in [2.24, 2.45) is 0 Å². The van der Waals surface area contributed by atoms with Crippen molar-refractivity contribution in [3.63, 3.8) is 0 Å². The fourth-order valence-corrected chi connectivity index (χ4v) is 4.28. The molecule has 0 heterocycles. The molecule has 0 radical (unpaired) electrons. The lowest BCUT2D eigenvalue weighted by Crippen LogP contribution is -2.33. The molecule has 2 N–H and O–H groups in total. The number of esters is 5. The zero-order valence-electron chi connectivity index (χ0n) is 38.2. The maximum atomic E-state index is 11.9. The van der Waals surface area contributed by atoms with Crippen LogP contribution in [0, 0.1) is 0 Å². The molecule has 0 bridgehead atoms. The highest BCUT2D eigenvalue weighted by atomic mass is 79.9. The van der Waals surface area contributed by atoms with Crippen LogP contribution in [-0.4, -0.2) is 117 Å². The Morgan fingerprint density at radius 3 is 1.14 bits per heavy atom. The van der Waals surface area contributed by atoms with E-state index in [1.54, 1.807) is 40.7 Å². The second-order valence-corrected chi connectivity index (χ2v) is 16.0. The molecule has 18 nitrogen and oxygen atoms in total. The van der Waals surface area contributed by atoms with E-state index in [1.165, 1.54) is 98.1 Å². The smallest absolute Gasteiger partial charge is 0.347 e. The van der Waals surface area contributed by atoms with Gasteiger partial charge in [-0.05, 0) is 117 Å². The first-order chi connectivity index (χ1) is 29.2. The molecule has 3 atom stereocenters. The van der Waals surface area contributed by atoms with E-state index in [4.69, 9.17) is 38.3 Å². The Kier molecular flexibility index (Phi) is 24.3. The summed E-state index contributed by atoms with van der Waals surface area (Å²) in [4.78, 5) is 67.1. The first-order valence-electron chi connectivity index (χ1n) is 18.8. The minimum absolute atomic E-state index is 0.00449. The van der Waals surface area contributed by atoms with E-state index in [0.29, 0.717) is 28.2 Å². The predicted molar refractivity (Wildman–Crippen MR) is 233 cm³/mol. The molecule has 19 heteroatoms. The molecule has 0 aliphatic rings. The average molecular weight is 956 g/mol. The molecule has 3 unspecified atom stereocenters. The lowest BCUT2D eigenvalue weighted by atomic mass is 10.2. The third-order valence-corrected chi connectivity index (χ3v) is 7.57. The van der Waals surface area contributed by atoms with Crippen LogP contribution in [0.15, 0.2) is 54.6 Å². The number of benzene rings is 3. The van der Waals surface area contributed by atoms with Gasteiger partial charge in [0.05, 0.1) is 59.3 Å². The summed E-state index contributed by atoms with van der Waals surface area (Å²) in [6, 6.07) is 13.2. The van der Waals surface area contributed by atoms with Crippen molar-refractivity contribution in [2.75, 3.05) is 42.7 Å². The number of phenolic OH excluding ortho intramolecular Hbond substituents is 1. The van der Waals surface area contributed by atoms with Gasteiger partial charge in [0.25, 0.3) is 0 Å². The van der Waals surface area contributed by atoms with Crippen LogP contribution in [-0.2, 0) is 38.1 Å². The monoisotopic (exact) mass is 954 g/mol. The highest BCUT2D eigenvalue weighted by Gasteiger charge is 2.25. The van der Waals surface area contributed by atoms with E-state index >= 15 is 0 Å². The van der Waals surface area contributed by atoms with Gasteiger partial charge < -0.3 is 57.6 Å². The van der Waals surface area contributed by atoms with E-state index in [9.17, 15) is 33.9 Å². The van der Waals surface area contributed by atoms with Crippen LogP contribution < -0.4 is 23.7 Å². The molecule has 3 aromatic carbocycles. The van der Waals surface area contributed by atoms with Crippen LogP contribution in [0.5, 0.6) is 34.5 Å². The van der Waals surface area contributed by atoms with Crippen molar-refractivity contribution in [1.82, 2.24) is 0 Å². The Morgan fingerprint density at radius 1 is 0.508 bits per heavy atom. The summed E-state index contributed by atoms with van der Waals surface area (Å²) >= 11 is 3.12. The van der Waals surface area contributed by atoms with Crippen molar-refractivity contribution < 1.29 is 86.3 Å². The molecule has 0 aromatic heterocycles. The van der Waals surface area contributed by atoms with Crippen LogP contribution in [0.3, 0.4) is 0 Å². The third-order valence-electron chi connectivity index (χ3n) is 7.20. The summed E-state index contributed by atoms with van der Waals surface area (Å²) < 4.78 is 49.8. The summed E-state index contributed by atoms with van der Waals surface area (Å²) in [5.74, 6) is -1.79. The molecule has 0 aliphatic heterocycles. The maximum absolute atomic E-state index is 11.9.